The van der Waals surface area contributed by atoms with Crippen molar-refractivity contribution in [2.45, 2.75) is 12.8 Å². The van der Waals surface area contributed by atoms with E-state index >= 15 is 0 Å². The quantitative estimate of drug-likeness (QED) is 0.446. The number of nitrogen functional groups attached to an aromatic ring is 1. The summed E-state index contributed by atoms with van der Waals surface area (Å²) in [7, 11) is 0. The zero-order chi connectivity index (χ0) is 13.5. The van der Waals surface area contributed by atoms with E-state index in [1.165, 1.54) is 18.9 Å². The fourth-order valence-electron chi connectivity index (χ4n) is 1.62. The van der Waals surface area contributed by atoms with Crippen molar-refractivity contribution in [1.29, 1.82) is 0 Å². The molecule has 19 heavy (non-hydrogen) atoms. The average Bonchev–Trinajstić information content (AvgIpc) is 3.22. The molecule has 0 aliphatic heterocycles. The number of carbonyl (C=O) groups is 1. The highest BCUT2D eigenvalue weighted by atomic mass is 16.5. The van der Waals surface area contributed by atoms with E-state index in [0.29, 0.717) is 13.2 Å². The van der Waals surface area contributed by atoms with Crippen molar-refractivity contribution in [1.82, 2.24) is 5.32 Å². The molecule has 0 unspecified atom stereocenters. The number of nitrogens with two attached hydrogens (primary N) is 1. The number of carbonyl (C=O) groups excluding carboxylic acids is 1. The highest BCUT2D eigenvalue weighted by Gasteiger charge is 2.20. The van der Waals surface area contributed by atoms with Gasteiger partial charge in [-0.1, -0.05) is 12.1 Å². The lowest BCUT2D eigenvalue weighted by atomic mass is 10.2. The molecule has 0 spiro atoms. The van der Waals surface area contributed by atoms with Crippen molar-refractivity contribution in [2.75, 3.05) is 25.5 Å². The van der Waals surface area contributed by atoms with E-state index in [1.807, 2.05) is 24.3 Å². The number of rotatable bonds is 7. The molecular weight excluding hydrogens is 240 g/mol. The van der Waals surface area contributed by atoms with Crippen molar-refractivity contribution in [2.24, 2.45) is 5.92 Å². The van der Waals surface area contributed by atoms with Gasteiger partial charge in [0.2, 0.25) is 5.91 Å². The number of hydrogen-bond donors (Lipinski definition) is 2. The molecule has 1 saturated carbocycles. The topological polar surface area (TPSA) is 64.4 Å². The van der Waals surface area contributed by atoms with Gasteiger partial charge in [-0.05, 0) is 42.5 Å². The van der Waals surface area contributed by atoms with Crippen LogP contribution in [0.2, 0.25) is 0 Å². The minimum Gasteiger partial charge on any atom is -0.399 e. The Balaban J connectivity index is 1.61. The highest BCUT2D eigenvalue weighted by Crippen LogP contribution is 2.28. The first-order valence-electron chi connectivity index (χ1n) is 6.63. The van der Waals surface area contributed by atoms with Gasteiger partial charge in [0.25, 0.3) is 0 Å². The fourth-order valence-corrected chi connectivity index (χ4v) is 1.62. The normalized spacial score (nSPS) is 14.7. The maximum absolute atomic E-state index is 11.5. The first kappa shape index (κ1) is 13.6. The molecule has 102 valence electrons. The maximum atomic E-state index is 11.5. The third-order valence-electron chi connectivity index (χ3n) is 2.96. The summed E-state index contributed by atoms with van der Waals surface area (Å²) in [4.78, 5) is 11.5. The van der Waals surface area contributed by atoms with Crippen LogP contribution in [0.25, 0.3) is 6.08 Å². The highest BCUT2D eigenvalue weighted by molar-refractivity contribution is 5.91. The molecule has 1 amide bonds. The molecule has 0 atom stereocenters. The Morgan fingerprint density at radius 3 is 2.79 bits per heavy atom. The fraction of sp³-hybridized carbons (Fsp3) is 0.400. The molecule has 0 saturated heterocycles. The molecule has 1 aliphatic rings. The van der Waals surface area contributed by atoms with E-state index in [-0.39, 0.29) is 5.91 Å². The number of anilines is 1. The van der Waals surface area contributed by atoms with Gasteiger partial charge in [0.05, 0.1) is 6.61 Å². The largest absolute Gasteiger partial charge is 0.399 e. The predicted molar refractivity (Wildman–Crippen MR) is 76.4 cm³/mol. The summed E-state index contributed by atoms with van der Waals surface area (Å²) < 4.78 is 5.43. The zero-order valence-corrected chi connectivity index (χ0v) is 11.0. The summed E-state index contributed by atoms with van der Waals surface area (Å²) in [6.07, 6.45) is 5.86. The standard InChI is InChI=1S/C15H20N2O2/c16-14-6-3-12(4-7-14)5-8-15(18)17-9-10-19-11-13-1-2-13/h3-8,13H,1-2,9-11,16H2,(H,17,18)/b8-5+. The summed E-state index contributed by atoms with van der Waals surface area (Å²) in [6.45, 7) is 1.97. The molecule has 3 N–H and O–H groups in total. The third kappa shape index (κ3) is 5.57. The van der Waals surface area contributed by atoms with Crippen molar-refractivity contribution >= 4 is 17.7 Å². The van der Waals surface area contributed by atoms with Crippen LogP contribution in [-0.4, -0.2) is 25.7 Å². The van der Waals surface area contributed by atoms with Gasteiger partial charge in [0, 0.05) is 24.9 Å². The minimum absolute atomic E-state index is 0.105. The van der Waals surface area contributed by atoms with Crippen LogP contribution in [0.4, 0.5) is 5.69 Å². The van der Waals surface area contributed by atoms with Crippen LogP contribution in [0.5, 0.6) is 0 Å². The van der Waals surface area contributed by atoms with E-state index < -0.39 is 0 Å². The number of hydrogen-bond acceptors (Lipinski definition) is 3. The van der Waals surface area contributed by atoms with Crippen molar-refractivity contribution in [3.63, 3.8) is 0 Å². The van der Waals surface area contributed by atoms with Gasteiger partial charge in [0.1, 0.15) is 0 Å². The van der Waals surface area contributed by atoms with Crippen LogP contribution in [0.15, 0.2) is 30.3 Å². The number of ether oxygens (including phenoxy) is 1. The third-order valence-corrected chi connectivity index (χ3v) is 2.96. The maximum Gasteiger partial charge on any atom is 0.244 e. The molecule has 4 heteroatoms. The smallest absolute Gasteiger partial charge is 0.244 e. The van der Waals surface area contributed by atoms with Crippen LogP contribution >= 0.6 is 0 Å². The monoisotopic (exact) mass is 260 g/mol. The van der Waals surface area contributed by atoms with Crippen LogP contribution < -0.4 is 11.1 Å². The summed E-state index contributed by atoms with van der Waals surface area (Å²) in [5.41, 5.74) is 7.26. The van der Waals surface area contributed by atoms with Gasteiger partial charge in [-0.3, -0.25) is 4.79 Å². The lowest BCUT2D eigenvalue weighted by Gasteiger charge is -2.03. The van der Waals surface area contributed by atoms with Crippen molar-refractivity contribution < 1.29 is 9.53 Å². The zero-order valence-electron chi connectivity index (χ0n) is 11.0. The van der Waals surface area contributed by atoms with Crippen molar-refractivity contribution in [3.05, 3.63) is 35.9 Å². The van der Waals surface area contributed by atoms with E-state index in [4.69, 9.17) is 10.5 Å². The Bertz CT molecular complexity index is 436. The Labute approximate surface area is 113 Å². The van der Waals surface area contributed by atoms with Gasteiger partial charge >= 0.3 is 0 Å². The Kier molecular flexibility index (Phi) is 4.98. The second-order valence-corrected chi connectivity index (χ2v) is 4.81. The van der Waals surface area contributed by atoms with E-state index in [2.05, 4.69) is 5.32 Å². The van der Waals surface area contributed by atoms with E-state index in [9.17, 15) is 4.79 Å². The van der Waals surface area contributed by atoms with Gasteiger partial charge in [-0.15, -0.1) is 0 Å². The molecule has 1 aromatic carbocycles. The molecule has 1 aliphatic carbocycles. The van der Waals surface area contributed by atoms with E-state index in [0.717, 1.165) is 23.8 Å². The van der Waals surface area contributed by atoms with Crippen molar-refractivity contribution in [3.8, 4) is 0 Å². The Hall–Kier alpha value is -1.81. The lowest BCUT2D eigenvalue weighted by molar-refractivity contribution is -0.116. The molecule has 0 bridgehead atoms. The first-order valence-corrected chi connectivity index (χ1v) is 6.63. The Morgan fingerprint density at radius 1 is 1.37 bits per heavy atom. The number of nitrogens with one attached hydrogen (secondary N) is 1. The van der Waals surface area contributed by atoms with Crippen LogP contribution in [0.1, 0.15) is 18.4 Å². The summed E-state index contributed by atoms with van der Waals surface area (Å²) >= 11 is 0. The van der Waals surface area contributed by atoms with Gasteiger partial charge in [-0.2, -0.15) is 0 Å². The summed E-state index contributed by atoms with van der Waals surface area (Å²) in [6, 6.07) is 7.36. The van der Waals surface area contributed by atoms with Crippen LogP contribution in [0.3, 0.4) is 0 Å². The second-order valence-electron chi connectivity index (χ2n) is 4.81. The van der Waals surface area contributed by atoms with Gasteiger partial charge < -0.3 is 15.8 Å². The first-order chi connectivity index (χ1) is 9.24. The molecule has 2 rings (SSSR count). The average molecular weight is 260 g/mol. The molecule has 0 heterocycles. The minimum atomic E-state index is -0.105. The number of benzene rings is 1. The van der Waals surface area contributed by atoms with Gasteiger partial charge in [0.15, 0.2) is 0 Å². The van der Waals surface area contributed by atoms with Crippen LogP contribution in [0, 0.1) is 5.92 Å². The summed E-state index contributed by atoms with van der Waals surface area (Å²) in [5.74, 6) is 0.660. The molecule has 0 radical (unpaired) electrons. The lowest BCUT2D eigenvalue weighted by Crippen LogP contribution is -2.25. The molecular formula is C15H20N2O2. The number of amides is 1. The molecule has 4 nitrogen and oxygen atoms in total. The van der Waals surface area contributed by atoms with E-state index in [1.54, 1.807) is 6.08 Å². The second kappa shape index (κ2) is 6.95. The SMILES string of the molecule is Nc1ccc(/C=C/C(=O)NCCOCC2CC2)cc1. The predicted octanol–water partition coefficient (Wildman–Crippen LogP) is 1.82. The summed E-state index contributed by atoms with van der Waals surface area (Å²) in [5, 5.41) is 2.78. The van der Waals surface area contributed by atoms with Gasteiger partial charge in [-0.25, -0.2) is 0 Å². The molecule has 1 fully saturated rings. The molecule has 0 aromatic heterocycles. The van der Waals surface area contributed by atoms with Crippen LogP contribution in [-0.2, 0) is 9.53 Å². The molecule has 1 aromatic rings. The Morgan fingerprint density at radius 2 is 2.11 bits per heavy atom.